The predicted octanol–water partition coefficient (Wildman–Crippen LogP) is 6.35. The number of hydrogen-bond donors (Lipinski definition) is 0. The van der Waals surface area contributed by atoms with Gasteiger partial charge in [-0.1, -0.05) is 60.3 Å². The van der Waals surface area contributed by atoms with Crippen molar-refractivity contribution < 1.29 is 14.3 Å². The van der Waals surface area contributed by atoms with Crippen molar-refractivity contribution in [3.05, 3.63) is 106 Å². The highest BCUT2D eigenvalue weighted by Gasteiger charge is 2.15. The Balaban J connectivity index is 1.41. The largest absolute Gasteiger partial charge is 0.493 e. The number of carbonyl (C=O) groups excluding carboxylic acids is 1. The van der Waals surface area contributed by atoms with Gasteiger partial charge in [0.15, 0.2) is 16.7 Å². The molecule has 0 aliphatic heterocycles. The lowest BCUT2D eigenvalue weighted by Gasteiger charge is -2.22. The van der Waals surface area contributed by atoms with E-state index in [2.05, 4.69) is 24.9 Å². The summed E-state index contributed by atoms with van der Waals surface area (Å²) in [5.41, 5.74) is 6.03. The third-order valence-corrected chi connectivity index (χ3v) is 7.96. The Bertz CT molecular complexity index is 1480. The molecule has 8 heteroatoms. The Labute approximate surface area is 247 Å². The van der Waals surface area contributed by atoms with Gasteiger partial charge < -0.3 is 19.3 Å². The predicted molar refractivity (Wildman–Crippen MR) is 166 cm³/mol. The monoisotopic (exact) mass is 570 g/mol. The number of aryl methyl sites for hydroxylation is 1. The zero-order chi connectivity index (χ0) is 29.4. The summed E-state index contributed by atoms with van der Waals surface area (Å²) in [6.07, 6.45) is 0.835. The van der Waals surface area contributed by atoms with Crippen LogP contribution in [-0.4, -0.2) is 55.6 Å². The molecular formula is C33H38N4O3S. The smallest absolute Gasteiger partial charge is 0.253 e. The van der Waals surface area contributed by atoms with E-state index in [0.717, 1.165) is 63.4 Å². The van der Waals surface area contributed by atoms with Gasteiger partial charge in [-0.3, -0.25) is 4.79 Å². The third kappa shape index (κ3) is 7.79. The van der Waals surface area contributed by atoms with Crippen molar-refractivity contribution in [3.8, 4) is 11.5 Å². The van der Waals surface area contributed by atoms with Crippen LogP contribution in [0, 0.1) is 13.8 Å². The minimum Gasteiger partial charge on any atom is -0.493 e. The number of thioether (sulfide) groups is 1. The molecule has 7 nitrogen and oxygen atoms in total. The van der Waals surface area contributed by atoms with E-state index in [4.69, 9.17) is 19.4 Å². The van der Waals surface area contributed by atoms with E-state index in [0.29, 0.717) is 17.9 Å². The second-order valence-electron chi connectivity index (χ2n) is 10.0. The van der Waals surface area contributed by atoms with Crippen LogP contribution < -0.4 is 14.4 Å². The van der Waals surface area contributed by atoms with E-state index in [1.54, 1.807) is 30.9 Å². The molecule has 0 fully saturated rings. The molecule has 0 saturated heterocycles. The molecule has 0 saturated carbocycles. The van der Waals surface area contributed by atoms with Crippen LogP contribution in [0.1, 0.15) is 38.3 Å². The molecule has 1 heterocycles. The minimum atomic E-state index is 0.00141. The number of likely N-dealkylation sites (N-methyl/N-ethyl adjacent to an activating group) is 1. The lowest BCUT2D eigenvalue weighted by molar-refractivity contribution is 0.0785. The first kappa shape index (κ1) is 29.9. The summed E-state index contributed by atoms with van der Waals surface area (Å²) in [4.78, 5) is 26.7. The average Bonchev–Trinajstić information content (AvgIpc) is 3.00. The van der Waals surface area contributed by atoms with Crippen LogP contribution in [0.15, 0.2) is 78.0 Å². The van der Waals surface area contributed by atoms with Gasteiger partial charge in [0.2, 0.25) is 0 Å². The van der Waals surface area contributed by atoms with E-state index in [1.165, 1.54) is 0 Å². The Morgan fingerprint density at radius 3 is 2.29 bits per heavy atom. The van der Waals surface area contributed by atoms with Crippen molar-refractivity contribution in [1.82, 2.24) is 14.9 Å². The van der Waals surface area contributed by atoms with E-state index in [-0.39, 0.29) is 5.91 Å². The zero-order valence-corrected chi connectivity index (χ0v) is 25.5. The van der Waals surface area contributed by atoms with Gasteiger partial charge in [0.05, 0.1) is 14.2 Å². The molecule has 41 heavy (non-hydrogen) atoms. The van der Waals surface area contributed by atoms with Crippen molar-refractivity contribution in [3.63, 3.8) is 0 Å². The summed E-state index contributed by atoms with van der Waals surface area (Å²) >= 11 is 1.58. The maximum Gasteiger partial charge on any atom is 0.253 e. The lowest BCUT2D eigenvalue weighted by Crippen LogP contribution is -2.26. The Morgan fingerprint density at radius 1 is 0.829 bits per heavy atom. The summed E-state index contributed by atoms with van der Waals surface area (Å²) in [5, 5.41) is 0.721. The molecule has 4 rings (SSSR count). The zero-order valence-electron chi connectivity index (χ0n) is 24.7. The number of aromatic nitrogens is 2. The summed E-state index contributed by atoms with van der Waals surface area (Å²) in [7, 11) is 7.19. The van der Waals surface area contributed by atoms with Crippen LogP contribution in [0.25, 0.3) is 0 Å². The molecule has 0 aliphatic carbocycles. The fourth-order valence-electron chi connectivity index (χ4n) is 4.56. The van der Waals surface area contributed by atoms with Crippen LogP contribution in [-0.2, 0) is 18.7 Å². The van der Waals surface area contributed by atoms with E-state index < -0.39 is 0 Å². The maximum absolute atomic E-state index is 13.1. The van der Waals surface area contributed by atoms with Crippen molar-refractivity contribution in [1.29, 1.82) is 0 Å². The Morgan fingerprint density at radius 2 is 1.56 bits per heavy atom. The molecular weight excluding hydrogens is 532 g/mol. The highest BCUT2D eigenvalue weighted by molar-refractivity contribution is 7.98. The molecule has 4 aromatic rings. The maximum atomic E-state index is 13.1. The highest BCUT2D eigenvalue weighted by Crippen LogP contribution is 2.29. The van der Waals surface area contributed by atoms with Crippen LogP contribution >= 0.6 is 11.8 Å². The normalized spacial score (nSPS) is 10.8. The molecule has 0 N–H and O–H groups in total. The van der Waals surface area contributed by atoms with E-state index >= 15 is 0 Å². The number of methoxy groups -OCH3 is 2. The molecule has 0 radical (unpaired) electrons. The number of rotatable bonds is 12. The quantitative estimate of drug-likeness (QED) is 0.145. The number of nitrogens with zero attached hydrogens (tertiary/aromatic N) is 4. The molecule has 0 atom stereocenters. The molecule has 0 aliphatic rings. The molecule has 1 amide bonds. The van der Waals surface area contributed by atoms with Crippen LogP contribution in [0.5, 0.6) is 11.5 Å². The summed E-state index contributed by atoms with van der Waals surface area (Å²) < 4.78 is 10.8. The average molecular weight is 571 g/mol. The first-order valence-electron chi connectivity index (χ1n) is 13.6. The van der Waals surface area contributed by atoms with Crippen LogP contribution in [0.4, 0.5) is 5.82 Å². The number of benzene rings is 3. The first-order valence-corrected chi connectivity index (χ1v) is 14.6. The number of amides is 1. The van der Waals surface area contributed by atoms with Gasteiger partial charge >= 0.3 is 0 Å². The SMILES string of the molecule is COc1ccc(CCN(C)c2nc(SCc3cccc(C(=O)N(C)Cc4ccccc4)c3)nc(C)c2C)cc1OC. The molecule has 214 valence electrons. The number of hydrogen-bond acceptors (Lipinski definition) is 7. The van der Waals surface area contributed by atoms with E-state index in [9.17, 15) is 4.79 Å². The topological polar surface area (TPSA) is 67.8 Å². The molecule has 1 aromatic heterocycles. The fourth-order valence-corrected chi connectivity index (χ4v) is 5.38. The first-order chi connectivity index (χ1) is 19.8. The second kappa shape index (κ2) is 14.0. The molecule has 3 aromatic carbocycles. The summed E-state index contributed by atoms with van der Waals surface area (Å²) in [5.74, 6) is 3.05. The molecule has 0 unspecified atom stereocenters. The highest BCUT2D eigenvalue weighted by atomic mass is 32.2. The van der Waals surface area contributed by atoms with Crippen molar-refractivity contribution >= 4 is 23.5 Å². The van der Waals surface area contributed by atoms with Crippen LogP contribution in [0.3, 0.4) is 0 Å². The van der Waals surface area contributed by atoms with Crippen molar-refractivity contribution in [2.75, 3.05) is 39.8 Å². The summed E-state index contributed by atoms with van der Waals surface area (Å²) in [6.45, 7) is 5.44. The van der Waals surface area contributed by atoms with Gasteiger partial charge in [-0.15, -0.1) is 0 Å². The minimum absolute atomic E-state index is 0.00141. The van der Waals surface area contributed by atoms with Crippen molar-refractivity contribution in [2.24, 2.45) is 0 Å². The Hall–Kier alpha value is -4.04. The third-order valence-electron chi connectivity index (χ3n) is 7.04. The number of ether oxygens (including phenoxy) is 2. The molecule has 0 spiro atoms. The standard InChI is InChI=1S/C33H38N4O3S/c1-23-24(2)34-33(35-31(23)36(3)18-17-25-15-16-29(39-5)30(20-25)40-6)41-22-27-13-10-14-28(19-27)32(38)37(4)21-26-11-8-7-9-12-26/h7-16,19-20H,17-18,21-22H2,1-6H3. The van der Waals surface area contributed by atoms with Gasteiger partial charge in [-0.25, -0.2) is 9.97 Å². The van der Waals surface area contributed by atoms with E-state index in [1.807, 2.05) is 80.7 Å². The Kier molecular flexibility index (Phi) is 10.2. The summed E-state index contributed by atoms with van der Waals surface area (Å²) in [6, 6.07) is 23.8. The van der Waals surface area contributed by atoms with Crippen LogP contribution in [0.2, 0.25) is 0 Å². The lowest BCUT2D eigenvalue weighted by atomic mass is 10.1. The molecule has 0 bridgehead atoms. The van der Waals surface area contributed by atoms with Gasteiger partial charge in [0, 0.05) is 49.8 Å². The van der Waals surface area contributed by atoms with Gasteiger partial charge in [0.1, 0.15) is 5.82 Å². The number of carbonyl (C=O) groups is 1. The van der Waals surface area contributed by atoms with Gasteiger partial charge in [-0.2, -0.15) is 0 Å². The van der Waals surface area contributed by atoms with Crippen molar-refractivity contribution in [2.45, 2.75) is 37.7 Å². The second-order valence-corrected chi connectivity index (χ2v) is 11.0. The van der Waals surface area contributed by atoms with Gasteiger partial charge in [-0.05, 0) is 61.2 Å². The fraction of sp³-hybridized carbons (Fsp3) is 0.303. The number of anilines is 1. The van der Waals surface area contributed by atoms with Gasteiger partial charge in [0.25, 0.3) is 5.91 Å².